The molecule has 3 heterocycles. The number of amides is 1. The SMILES string of the molecule is O=C1NC2(CCCCC2)n2c1c(Cl)cc(Nc1cnno1)c2=O. The lowest BCUT2D eigenvalue weighted by Crippen LogP contribution is -2.48. The summed E-state index contributed by atoms with van der Waals surface area (Å²) >= 11 is 6.26. The number of pyridine rings is 1. The van der Waals surface area contributed by atoms with Crippen LogP contribution in [0.3, 0.4) is 0 Å². The Balaban J connectivity index is 1.87. The molecule has 0 unspecified atom stereocenters. The molecule has 0 bridgehead atoms. The predicted octanol–water partition coefficient (Wildman–Crippen LogP) is 1.99. The van der Waals surface area contributed by atoms with E-state index in [1.54, 1.807) is 0 Å². The molecule has 1 amide bonds. The molecule has 8 nitrogen and oxygen atoms in total. The Bertz CT molecular complexity index is 824. The number of carbonyl (C=O) groups excluding carboxylic acids is 1. The zero-order chi connectivity index (χ0) is 16.0. The average molecular weight is 336 g/mol. The Morgan fingerprint density at radius 1 is 1.30 bits per heavy atom. The van der Waals surface area contributed by atoms with Gasteiger partial charge in [-0.05, 0) is 31.7 Å². The molecule has 2 N–H and O–H groups in total. The molecule has 0 radical (unpaired) electrons. The van der Waals surface area contributed by atoms with Crippen molar-refractivity contribution in [1.29, 1.82) is 0 Å². The highest BCUT2D eigenvalue weighted by Gasteiger charge is 2.45. The summed E-state index contributed by atoms with van der Waals surface area (Å²) in [5.74, 6) is -0.0735. The molecule has 1 saturated carbocycles. The number of hydrogen-bond acceptors (Lipinski definition) is 6. The Kier molecular flexibility index (Phi) is 3.15. The fourth-order valence-corrected chi connectivity index (χ4v) is 3.74. The minimum Gasteiger partial charge on any atom is -0.327 e. The van der Waals surface area contributed by atoms with E-state index in [1.165, 1.54) is 16.8 Å². The number of nitrogens with one attached hydrogen (secondary N) is 2. The minimum absolute atomic E-state index is 0.221. The van der Waals surface area contributed by atoms with Crippen LogP contribution in [0, 0.1) is 0 Å². The first-order chi connectivity index (χ1) is 11.1. The molecule has 0 aromatic carbocycles. The van der Waals surface area contributed by atoms with Gasteiger partial charge in [-0.25, -0.2) is 0 Å². The predicted molar refractivity (Wildman–Crippen MR) is 81.8 cm³/mol. The Morgan fingerprint density at radius 3 is 2.78 bits per heavy atom. The van der Waals surface area contributed by atoms with Crippen molar-refractivity contribution in [3.63, 3.8) is 0 Å². The van der Waals surface area contributed by atoms with E-state index in [9.17, 15) is 9.59 Å². The number of rotatable bonds is 2. The summed E-state index contributed by atoms with van der Waals surface area (Å²) in [6.07, 6.45) is 5.79. The first-order valence-electron chi connectivity index (χ1n) is 7.44. The van der Waals surface area contributed by atoms with Gasteiger partial charge in [0.2, 0.25) is 5.88 Å². The smallest absolute Gasteiger partial charge is 0.276 e. The minimum atomic E-state index is -0.678. The first-order valence-corrected chi connectivity index (χ1v) is 7.81. The lowest BCUT2D eigenvalue weighted by atomic mass is 9.89. The fraction of sp³-hybridized carbons (Fsp3) is 0.429. The van der Waals surface area contributed by atoms with Gasteiger partial charge in [-0.15, -0.1) is 5.10 Å². The van der Waals surface area contributed by atoms with Crippen LogP contribution >= 0.6 is 11.6 Å². The number of aromatic nitrogens is 3. The normalized spacial score (nSPS) is 18.7. The van der Waals surface area contributed by atoms with Gasteiger partial charge < -0.3 is 15.2 Å². The maximum absolute atomic E-state index is 12.9. The van der Waals surface area contributed by atoms with E-state index in [0.29, 0.717) is 0 Å². The molecule has 1 aliphatic carbocycles. The molecule has 0 saturated heterocycles. The van der Waals surface area contributed by atoms with E-state index < -0.39 is 5.66 Å². The second-order valence-electron chi connectivity index (χ2n) is 5.85. The van der Waals surface area contributed by atoms with Crippen molar-refractivity contribution >= 4 is 29.1 Å². The van der Waals surface area contributed by atoms with Gasteiger partial charge in [-0.3, -0.25) is 14.2 Å². The van der Waals surface area contributed by atoms with Crippen molar-refractivity contribution in [3.8, 4) is 0 Å². The highest BCUT2D eigenvalue weighted by molar-refractivity contribution is 6.34. The molecular weight excluding hydrogens is 322 g/mol. The zero-order valence-corrected chi connectivity index (χ0v) is 12.9. The van der Waals surface area contributed by atoms with Crippen LogP contribution in [-0.2, 0) is 5.66 Å². The third kappa shape index (κ3) is 2.13. The molecule has 1 fully saturated rings. The van der Waals surface area contributed by atoms with E-state index in [1.807, 2.05) is 0 Å². The summed E-state index contributed by atoms with van der Waals surface area (Å²) in [7, 11) is 0. The van der Waals surface area contributed by atoms with Crippen LogP contribution in [0.4, 0.5) is 11.6 Å². The molecule has 9 heteroatoms. The van der Waals surface area contributed by atoms with Gasteiger partial charge in [0.1, 0.15) is 23.2 Å². The molecule has 1 spiro atoms. The van der Waals surface area contributed by atoms with Gasteiger partial charge in [-0.2, -0.15) is 0 Å². The second kappa shape index (κ2) is 5.09. The van der Waals surface area contributed by atoms with Gasteiger partial charge in [-0.1, -0.05) is 18.0 Å². The summed E-state index contributed by atoms with van der Waals surface area (Å²) in [6, 6.07) is 1.43. The molecule has 2 aromatic heterocycles. The standard InChI is InChI=1S/C14H14ClN5O3/c15-8-6-9(17-10-7-16-19-23-10)13(22)20-11(8)12(21)18-14(20)4-2-1-3-5-14/h6-7,17H,1-5H2,(H,18,21). The number of carbonyl (C=O) groups is 1. The van der Waals surface area contributed by atoms with Crippen molar-refractivity contribution in [1.82, 2.24) is 20.3 Å². The van der Waals surface area contributed by atoms with Gasteiger partial charge in [0.05, 0.1) is 5.02 Å². The molecule has 2 aromatic rings. The topological polar surface area (TPSA) is 102 Å². The quantitative estimate of drug-likeness (QED) is 0.870. The lowest BCUT2D eigenvalue weighted by molar-refractivity contribution is 0.0877. The van der Waals surface area contributed by atoms with Gasteiger partial charge in [0, 0.05) is 5.27 Å². The number of halogens is 1. The number of hydrogen-bond donors (Lipinski definition) is 2. The maximum Gasteiger partial charge on any atom is 0.276 e. The summed E-state index contributed by atoms with van der Waals surface area (Å²) in [4.78, 5) is 25.3. The molecule has 4 rings (SSSR count). The van der Waals surface area contributed by atoms with E-state index >= 15 is 0 Å². The molecule has 0 atom stereocenters. The van der Waals surface area contributed by atoms with Crippen LogP contribution < -0.4 is 16.2 Å². The van der Waals surface area contributed by atoms with E-state index in [2.05, 4.69) is 21.0 Å². The number of nitrogens with zero attached hydrogens (tertiary/aromatic N) is 3. The van der Waals surface area contributed by atoms with Crippen LogP contribution in [-0.4, -0.2) is 20.8 Å². The summed E-state index contributed by atoms with van der Waals surface area (Å²) in [5, 5.41) is 12.9. The maximum atomic E-state index is 12.9. The van der Waals surface area contributed by atoms with Crippen molar-refractivity contribution in [3.05, 3.63) is 33.3 Å². The van der Waals surface area contributed by atoms with Gasteiger partial charge >= 0.3 is 0 Å². The highest BCUT2D eigenvalue weighted by atomic mass is 35.5. The van der Waals surface area contributed by atoms with Crippen LogP contribution in [0.15, 0.2) is 21.6 Å². The molecule has 120 valence electrons. The van der Waals surface area contributed by atoms with Gasteiger partial charge in [0.25, 0.3) is 11.5 Å². The molecule has 2 aliphatic rings. The Labute approximate surface area is 135 Å². The highest BCUT2D eigenvalue weighted by Crippen LogP contribution is 2.38. The van der Waals surface area contributed by atoms with E-state index in [4.69, 9.17) is 16.1 Å². The summed E-state index contributed by atoms with van der Waals surface area (Å²) in [6.45, 7) is 0. The zero-order valence-electron chi connectivity index (χ0n) is 12.1. The number of fused-ring (bicyclic) bond motifs is 2. The summed E-state index contributed by atoms with van der Waals surface area (Å²) < 4.78 is 6.37. The Hall–Kier alpha value is -2.35. The van der Waals surface area contributed by atoms with E-state index in [0.717, 1.165) is 32.1 Å². The van der Waals surface area contributed by atoms with Crippen molar-refractivity contribution in [2.24, 2.45) is 0 Å². The molecular formula is C14H14ClN5O3. The number of anilines is 2. The van der Waals surface area contributed by atoms with Crippen LogP contribution in [0.5, 0.6) is 0 Å². The van der Waals surface area contributed by atoms with Crippen molar-refractivity contribution in [2.75, 3.05) is 5.32 Å². The summed E-state index contributed by atoms with van der Waals surface area (Å²) in [5.41, 5.74) is -0.553. The largest absolute Gasteiger partial charge is 0.327 e. The van der Waals surface area contributed by atoms with Crippen molar-refractivity contribution < 1.29 is 9.32 Å². The van der Waals surface area contributed by atoms with Crippen LogP contribution in [0.1, 0.15) is 42.6 Å². The van der Waals surface area contributed by atoms with Gasteiger partial charge in [0.15, 0.2) is 0 Å². The van der Waals surface area contributed by atoms with Crippen LogP contribution in [0.25, 0.3) is 0 Å². The lowest BCUT2D eigenvalue weighted by Gasteiger charge is -2.35. The Morgan fingerprint density at radius 2 is 2.09 bits per heavy atom. The third-order valence-electron chi connectivity index (χ3n) is 4.44. The van der Waals surface area contributed by atoms with E-state index in [-0.39, 0.29) is 33.8 Å². The van der Waals surface area contributed by atoms with Crippen LogP contribution in [0.2, 0.25) is 5.02 Å². The van der Waals surface area contributed by atoms with Crippen molar-refractivity contribution in [2.45, 2.75) is 37.8 Å². The second-order valence-corrected chi connectivity index (χ2v) is 6.26. The average Bonchev–Trinajstić information content (AvgIpc) is 3.12. The molecule has 1 aliphatic heterocycles. The monoisotopic (exact) mass is 335 g/mol. The fourth-order valence-electron chi connectivity index (χ4n) is 3.46. The molecule has 23 heavy (non-hydrogen) atoms. The first kappa shape index (κ1) is 14.3. The third-order valence-corrected chi connectivity index (χ3v) is 4.73.